The Kier molecular flexibility index (Phi) is 3.11. The highest BCUT2D eigenvalue weighted by Crippen LogP contribution is 2.29. The largest absolute Gasteiger partial charge is 0.439 e. The Morgan fingerprint density at radius 2 is 2.13 bits per heavy atom. The summed E-state index contributed by atoms with van der Waals surface area (Å²) in [6.07, 6.45) is 2.71. The number of hydrogen-bond donors (Lipinski definition) is 0. The van der Waals surface area contributed by atoms with Gasteiger partial charge in [0.1, 0.15) is 11.9 Å². The maximum Gasteiger partial charge on any atom is 0.218 e. The number of aromatic nitrogens is 2. The van der Waals surface area contributed by atoms with Crippen molar-refractivity contribution in [1.29, 1.82) is 0 Å². The Morgan fingerprint density at radius 1 is 1.33 bits per heavy atom. The van der Waals surface area contributed by atoms with Crippen molar-refractivity contribution in [2.45, 2.75) is 0 Å². The molecule has 1 aromatic carbocycles. The van der Waals surface area contributed by atoms with Crippen molar-refractivity contribution in [3.63, 3.8) is 0 Å². The standard InChI is InChI=1S/C10H7Br2N2O/c1-14-10(4-5-13-14)15-7-2-3-8(11)9(12)6-7/h2-4,6H,1H3. The van der Waals surface area contributed by atoms with Crippen LogP contribution in [0.2, 0.25) is 0 Å². The summed E-state index contributed by atoms with van der Waals surface area (Å²) in [6, 6.07) is 7.37. The Hall–Kier alpha value is -0.810. The smallest absolute Gasteiger partial charge is 0.218 e. The van der Waals surface area contributed by atoms with Crippen molar-refractivity contribution < 1.29 is 4.74 Å². The lowest BCUT2D eigenvalue weighted by atomic mass is 10.3. The normalized spacial score (nSPS) is 10.3. The fourth-order valence-corrected chi connectivity index (χ4v) is 1.67. The van der Waals surface area contributed by atoms with Gasteiger partial charge in [-0.2, -0.15) is 5.10 Å². The van der Waals surface area contributed by atoms with Gasteiger partial charge < -0.3 is 4.74 Å². The molecule has 0 saturated carbocycles. The molecule has 0 amide bonds. The first-order chi connectivity index (χ1) is 7.16. The molecule has 77 valence electrons. The molecular weight excluding hydrogens is 324 g/mol. The van der Waals surface area contributed by atoms with Gasteiger partial charge in [-0.1, -0.05) is 0 Å². The molecule has 0 atom stereocenters. The van der Waals surface area contributed by atoms with Crippen LogP contribution in [0.3, 0.4) is 0 Å². The molecule has 0 aliphatic rings. The van der Waals surface area contributed by atoms with Crippen LogP contribution in [0.4, 0.5) is 0 Å². The van der Waals surface area contributed by atoms with Gasteiger partial charge in [-0.15, -0.1) is 0 Å². The summed E-state index contributed by atoms with van der Waals surface area (Å²) in [5.74, 6) is 1.41. The Balaban J connectivity index is 2.25. The molecule has 0 N–H and O–H groups in total. The first-order valence-corrected chi connectivity index (χ1v) is 5.78. The van der Waals surface area contributed by atoms with Crippen LogP contribution in [0.1, 0.15) is 0 Å². The lowest BCUT2D eigenvalue weighted by molar-refractivity contribution is 0.430. The summed E-state index contributed by atoms with van der Waals surface area (Å²) in [5.41, 5.74) is 0. The third-order valence-electron chi connectivity index (χ3n) is 1.83. The minimum Gasteiger partial charge on any atom is -0.439 e. The van der Waals surface area contributed by atoms with E-state index in [4.69, 9.17) is 4.74 Å². The highest BCUT2D eigenvalue weighted by Gasteiger charge is 2.03. The van der Waals surface area contributed by atoms with Crippen molar-refractivity contribution in [3.8, 4) is 11.6 Å². The molecule has 0 aliphatic heterocycles. The average molecular weight is 331 g/mol. The van der Waals surface area contributed by atoms with Crippen LogP contribution in [0, 0.1) is 6.20 Å². The summed E-state index contributed by atoms with van der Waals surface area (Å²) in [7, 11) is 1.81. The number of halogens is 2. The topological polar surface area (TPSA) is 27.1 Å². The third-order valence-corrected chi connectivity index (χ3v) is 3.71. The monoisotopic (exact) mass is 329 g/mol. The van der Waals surface area contributed by atoms with Crippen LogP contribution in [0.5, 0.6) is 11.6 Å². The first kappa shape index (κ1) is 10.7. The van der Waals surface area contributed by atoms with Crippen LogP contribution < -0.4 is 4.74 Å². The van der Waals surface area contributed by atoms with Crippen molar-refractivity contribution in [2.24, 2.45) is 7.05 Å². The summed E-state index contributed by atoms with van der Waals surface area (Å²) >= 11 is 6.81. The van der Waals surface area contributed by atoms with Gasteiger partial charge in [0.15, 0.2) is 0 Å². The molecule has 5 heteroatoms. The van der Waals surface area contributed by atoms with Gasteiger partial charge in [0, 0.05) is 22.1 Å². The van der Waals surface area contributed by atoms with Gasteiger partial charge in [0.2, 0.25) is 5.88 Å². The Bertz CT molecular complexity index is 482. The van der Waals surface area contributed by atoms with E-state index in [9.17, 15) is 0 Å². The second-order valence-electron chi connectivity index (χ2n) is 2.91. The van der Waals surface area contributed by atoms with E-state index in [0.717, 1.165) is 14.7 Å². The number of benzene rings is 1. The quantitative estimate of drug-likeness (QED) is 0.842. The second-order valence-corrected chi connectivity index (χ2v) is 4.62. The predicted molar refractivity (Wildman–Crippen MR) is 64.0 cm³/mol. The third kappa shape index (κ3) is 2.41. The molecule has 0 bridgehead atoms. The number of nitrogens with zero attached hydrogens (tertiary/aromatic N) is 2. The summed E-state index contributed by atoms with van der Waals surface area (Å²) in [6.45, 7) is 0. The second kappa shape index (κ2) is 4.37. The molecule has 0 fully saturated rings. The van der Waals surface area contributed by atoms with Gasteiger partial charge >= 0.3 is 0 Å². The minimum atomic E-state index is 0.657. The van der Waals surface area contributed by atoms with Crippen LogP contribution in [0.25, 0.3) is 0 Å². The van der Waals surface area contributed by atoms with Crippen molar-refractivity contribution in [1.82, 2.24) is 9.78 Å². The van der Waals surface area contributed by atoms with Crippen LogP contribution >= 0.6 is 31.9 Å². The number of rotatable bonds is 2. The van der Waals surface area contributed by atoms with E-state index in [2.05, 4.69) is 43.2 Å². The zero-order valence-electron chi connectivity index (χ0n) is 7.87. The van der Waals surface area contributed by atoms with Gasteiger partial charge in [-0.25, -0.2) is 4.68 Å². The van der Waals surface area contributed by atoms with E-state index < -0.39 is 0 Å². The van der Waals surface area contributed by atoms with Crippen molar-refractivity contribution in [2.75, 3.05) is 0 Å². The zero-order valence-corrected chi connectivity index (χ0v) is 11.0. The Labute approximate surface area is 104 Å². The maximum absolute atomic E-state index is 5.60. The Morgan fingerprint density at radius 3 is 2.73 bits per heavy atom. The molecule has 3 nitrogen and oxygen atoms in total. The number of aryl methyl sites for hydroxylation is 1. The van der Waals surface area contributed by atoms with E-state index >= 15 is 0 Å². The summed E-state index contributed by atoms with van der Waals surface area (Å²) in [5, 5.41) is 3.90. The predicted octanol–water partition coefficient (Wildman–Crippen LogP) is 3.54. The van der Waals surface area contributed by atoms with Gasteiger partial charge in [-0.3, -0.25) is 0 Å². The molecule has 0 aliphatic carbocycles. The zero-order chi connectivity index (χ0) is 10.8. The molecule has 2 rings (SSSR count). The van der Waals surface area contributed by atoms with Crippen LogP contribution in [0.15, 0.2) is 33.2 Å². The molecule has 0 spiro atoms. The average Bonchev–Trinajstić information content (AvgIpc) is 2.59. The van der Waals surface area contributed by atoms with E-state index in [-0.39, 0.29) is 0 Å². The molecule has 2 aromatic rings. The lowest BCUT2D eigenvalue weighted by Gasteiger charge is -2.06. The summed E-state index contributed by atoms with van der Waals surface area (Å²) < 4.78 is 9.17. The molecule has 0 unspecified atom stereocenters. The van der Waals surface area contributed by atoms with Crippen molar-refractivity contribution >= 4 is 31.9 Å². The highest BCUT2D eigenvalue weighted by molar-refractivity contribution is 9.13. The highest BCUT2D eigenvalue weighted by atomic mass is 79.9. The lowest BCUT2D eigenvalue weighted by Crippen LogP contribution is -1.94. The molecule has 0 saturated heterocycles. The molecular formula is C10H7Br2N2O. The first-order valence-electron chi connectivity index (χ1n) is 4.20. The fraction of sp³-hybridized carbons (Fsp3) is 0.100. The van der Waals surface area contributed by atoms with Gasteiger partial charge in [0.25, 0.3) is 0 Å². The van der Waals surface area contributed by atoms with E-state index in [1.54, 1.807) is 17.8 Å². The van der Waals surface area contributed by atoms with Crippen LogP contribution in [-0.2, 0) is 7.05 Å². The SMILES string of the molecule is Cn1n[c]cc1Oc1ccc(Br)c(Br)c1. The van der Waals surface area contributed by atoms with E-state index in [0.29, 0.717) is 5.88 Å². The molecule has 1 radical (unpaired) electrons. The molecule has 15 heavy (non-hydrogen) atoms. The minimum absolute atomic E-state index is 0.657. The van der Waals surface area contributed by atoms with E-state index in [1.165, 1.54) is 0 Å². The number of ether oxygens (including phenoxy) is 1. The number of hydrogen-bond acceptors (Lipinski definition) is 2. The van der Waals surface area contributed by atoms with E-state index in [1.807, 2.05) is 18.2 Å². The maximum atomic E-state index is 5.60. The molecule has 1 aromatic heterocycles. The van der Waals surface area contributed by atoms with Gasteiger partial charge in [-0.05, 0) is 50.1 Å². The summed E-state index contributed by atoms with van der Waals surface area (Å²) in [4.78, 5) is 0. The van der Waals surface area contributed by atoms with Crippen LogP contribution in [-0.4, -0.2) is 9.78 Å². The van der Waals surface area contributed by atoms with Crippen molar-refractivity contribution in [3.05, 3.63) is 39.4 Å². The fourth-order valence-electron chi connectivity index (χ4n) is 1.07. The van der Waals surface area contributed by atoms with Gasteiger partial charge in [0.05, 0.1) is 0 Å². The molecule has 1 heterocycles.